The van der Waals surface area contributed by atoms with Crippen LogP contribution >= 0.6 is 0 Å². The van der Waals surface area contributed by atoms with Gasteiger partial charge in [0.25, 0.3) is 0 Å². The first-order valence-corrected chi connectivity index (χ1v) is 47.0. The largest absolute Gasteiger partial charge is 0.493 e. The minimum Gasteiger partial charge on any atom is -0.493 e. The number of aliphatic hydroxyl groups excluding tert-OH is 1. The zero-order valence-electron chi connectivity index (χ0n) is 75.2. The quantitative estimate of drug-likeness (QED) is 0.0537. The Morgan fingerprint density at radius 1 is 0.445 bits per heavy atom. The molecule has 24 atom stereocenters. The molecule has 2 aromatic heterocycles. The third kappa shape index (κ3) is 20.0. The lowest BCUT2D eigenvalue weighted by molar-refractivity contribution is -0.316. The van der Waals surface area contributed by atoms with Crippen molar-refractivity contribution in [1.29, 1.82) is 0 Å². The van der Waals surface area contributed by atoms with E-state index < -0.39 is 12.3 Å². The molecule has 0 spiro atoms. The van der Waals surface area contributed by atoms with E-state index in [2.05, 4.69) is 111 Å². The molecule has 14 aliphatic rings. The van der Waals surface area contributed by atoms with E-state index in [1.807, 2.05) is 24.3 Å². The number of carboxylic acids is 1. The fourth-order valence-electron chi connectivity index (χ4n) is 27.8. The van der Waals surface area contributed by atoms with Gasteiger partial charge in [-0.3, -0.25) is 19.6 Å². The van der Waals surface area contributed by atoms with Gasteiger partial charge in [0.1, 0.15) is 11.5 Å². The van der Waals surface area contributed by atoms with Gasteiger partial charge >= 0.3 is 11.9 Å². The van der Waals surface area contributed by atoms with Crippen molar-refractivity contribution in [3.63, 3.8) is 0 Å². The van der Waals surface area contributed by atoms with Crippen molar-refractivity contribution in [2.75, 3.05) is 87.2 Å². The van der Waals surface area contributed by atoms with Crippen LogP contribution in [0.15, 0.2) is 97.7 Å². The summed E-state index contributed by atoms with van der Waals surface area (Å²) >= 11 is 0. The minimum absolute atomic E-state index is 0.0281. The van der Waals surface area contributed by atoms with E-state index in [4.69, 9.17) is 61.9 Å². The summed E-state index contributed by atoms with van der Waals surface area (Å²) in [6.45, 7) is 44.7. The van der Waals surface area contributed by atoms with Crippen LogP contribution in [-0.2, 0) is 57.0 Å². The molecule has 2 aromatic rings. The van der Waals surface area contributed by atoms with E-state index in [0.717, 1.165) is 147 Å². The highest BCUT2D eigenvalue weighted by molar-refractivity contribution is 5.69. The Kier molecular flexibility index (Phi) is 30.9. The zero-order valence-corrected chi connectivity index (χ0v) is 75.2. The number of carbonyl (C=O) groups excluding carboxylic acids is 1. The summed E-state index contributed by atoms with van der Waals surface area (Å²) in [7, 11) is 5.66. The van der Waals surface area contributed by atoms with Crippen molar-refractivity contribution in [3.05, 3.63) is 97.7 Å². The number of rotatable bonds is 25. The van der Waals surface area contributed by atoms with E-state index >= 15 is 0 Å². The van der Waals surface area contributed by atoms with Gasteiger partial charge in [-0.2, -0.15) is 0 Å². The number of esters is 1. The molecule has 119 heavy (non-hydrogen) atoms. The van der Waals surface area contributed by atoms with Crippen molar-refractivity contribution >= 4 is 11.9 Å². The second kappa shape index (κ2) is 39.9. The van der Waals surface area contributed by atoms with E-state index in [1.165, 1.54) is 113 Å². The number of aliphatic carboxylic acids is 1. The predicted molar refractivity (Wildman–Crippen MR) is 463 cm³/mol. The highest BCUT2D eigenvalue weighted by atomic mass is 16.7. The second-order valence-corrected chi connectivity index (χ2v) is 41.6. The maximum absolute atomic E-state index is 11.5. The average Bonchev–Trinajstić information content (AvgIpc) is 1.65. The normalized spacial score (nSPS) is 40.5. The third-order valence-electron chi connectivity index (χ3n) is 34.3. The minimum atomic E-state index is -0.806. The van der Waals surface area contributed by atoms with Crippen LogP contribution < -0.4 is 9.47 Å². The van der Waals surface area contributed by atoms with Crippen molar-refractivity contribution in [2.45, 2.75) is 317 Å². The van der Waals surface area contributed by atoms with Crippen LogP contribution in [0.5, 0.6) is 11.5 Å². The molecular weight excluding hydrogens is 1500 g/mol. The lowest BCUT2D eigenvalue weighted by atomic mass is 9.46. The molecule has 4 unspecified atom stereocenters. The third-order valence-corrected chi connectivity index (χ3v) is 34.3. The first-order chi connectivity index (χ1) is 57.0. The Morgan fingerprint density at radius 3 is 1.14 bits per heavy atom. The molecule has 6 heterocycles. The molecule has 666 valence electrons. The van der Waals surface area contributed by atoms with Crippen LogP contribution in [0.4, 0.5) is 0 Å². The smallest absolute Gasteiger partial charge is 0.305 e. The van der Waals surface area contributed by atoms with Gasteiger partial charge in [0, 0.05) is 90.9 Å². The molecule has 10 aliphatic carbocycles. The first kappa shape index (κ1) is 92.0. The van der Waals surface area contributed by atoms with Crippen molar-refractivity contribution in [3.8, 4) is 11.5 Å². The van der Waals surface area contributed by atoms with Gasteiger partial charge in [-0.25, -0.2) is 0 Å². The van der Waals surface area contributed by atoms with Crippen LogP contribution in [0.1, 0.15) is 267 Å². The van der Waals surface area contributed by atoms with Crippen molar-refractivity contribution in [1.82, 2.24) is 14.9 Å². The fourth-order valence-corrected chi connectivity index (χ4v) is 27.8. The van der Waals surface area contributed by atoms with Crippen molar-refractivity contribution in [2.24, 2.45) is 102 Å². The van der Waals surface area contributed by atoms with Gasteiger partial charge in [0.2, 0.25) is 0 Å². The van der Waals surface area contributed by atoms with E-state index in [9.17, 15) is 14.7 Å². The monoisotopic (exact) mass is 1650 g/mol. The number of hydrogen-bond acceptors (Lipinski definition) is 18. The van der Waals surface area contributed by atoms with Crippen LogP contribution in [0.25, 0.3) is 0 Å². The van der Waals surface area contributed by atoms with Gasteiger partial charge in [-0.1, -0.05) is 130 Å². The molecule has 4 aliphatic heterocycles. The van der Waals surface area contributed by atoms with Crippen LogP contribution in [0, 0.1) is 102 Å². The maximum atomic E-state index is 11.5. The molecule has 19 heteroatoms. The molecule has 10 saturated carbocycles. The lowest BCUT2D eigenvalue weighted by Gasteiger charge is -2.63. The summed E-state index contributed by atoms with van der Waals surface area (Å²) in [5, 5.41) is 18.6. The Balaban J connectivity index is 0.000000138. The van der Waals surface area contributed by atoms with Gasteiger partial charge in [0.05, 0.1) is 84.0 Å². The number of aromatic nitrogens is 2. The number of methoxy groups -OCH3 is 1. The Labute approximate surface area is 715 Å². The number of allylic oxidation sites excluding steroid dienone is 4. The van der Waals surface area contributed by atoms with Gasteiger partial charge < -0.3 is 72.0 Å². The predicted octanol–water partition coefficient (Wildman–Crippen LogP) is 20.1. The number of fused-ring (bicyclic) bond motifs is 12. The summed E-state index contributed by atoms with van der Waals surface area (Å²) in [6, 6.07) is 7.59. The Bertz CT molecular complexity index is 3670. The number of ether oxygens (including phenoxy) is 12. The fraction of sp³-hybridized carbons (Fsp3) is 0.800. The standard InChI is InChI=1S/C27H47NO3.C26H37NO5.C25H35NO5.C22H36O3/c1-20-11-12-23-26(2,22(20)14-18-29-17-8-16-28(4)5)15-13-24-27(23,3)19-30-25(31-24)21-9-6-7-10-21;1-18-5-6-21-25(2,20(18)12-16-30-19-10-14-27-15-11-19)13-9-22-26(21,3)17-31-24(32-22)8-7-23(28)29-4;1-17-4-5-20-24(2,19(17)11-15-29-18-9-13-26-14-10-18)12-8-21-25(20,3)16-30-23(31-21)7-6-22(27)28;1-15-8-9-18-21(2,17(15)11-13-23)12-10-19-22(18,3)14-24-20(25-19)16-6-4-5-7-16/h21-25H,1,6-19H2,2-5H3;10-11,14-15,20-22,24H,1,5-9,12-13,16-17H2,2-4H3;9-10,13-14,19-21,23H,1,4-8,11-12,15-16H2,2-3H3,(H,27,28);16-20,23H,1,4-14H2,2-3H3/t22-,23?,24-,25-,26+,27+;20-,21?,22-,24-,25+,26+;19-,20?,21-,23-,24+,25+;17-,18?,19-,20-,21+,22+/m1111/s1. The molecule has 0 amide bonds. The number of aliphatic hydroxyl groups is 1. The average molecular weight is 1660 g/mol. The molecule has 16 rings (SSSR count). The highest BCUT2D eigenvalue weighted by Gasteiger charge is 2.65. The molecule has 4 saturated heterocycles. The van der Waals surface area contributed by atoms with Crippen molar-refractivity contribution < 1.29 is 76.6 Å². The zero-order chi connectivity index (χ0) is 84.6. The molecule has 0 aromatic carbocycles. The number of carboxylic acid groups (broad SMARTS) is 1. The first-order valence-electron chi connectivity index (χ1n) is 47.0. The van der Waals surface area contributed by atoms with Crippen LogP contribution in [-0.4, -0.2) is 174 Å². The van der Waals surface area contributed by atoms with Gasteiger partial charge in [-0.05, 0) is 274 Å². The number of hydrogen-bond donors (Lipinski definition) is 2. The lowest BCUT2D eigenvalue weighted by Crippen LogP contribution is -2.62. The molecule has 14 fully saturated rings. The van der Waals surface area contributed by atoms with Gasteiger partial charge in [0.15, 0.2) is 25.2 Å². The molecule has 19 nitrogen and oxygen atoms in total. The van der Waals surface area contributed by atoms with E-state index in [-0.39, 0.29) is 88.0 Å². The highest BCUT2D eigenvalue weighted by Crippen LogP contribution is 2.68. The van der Waals surface area contributed by atoms with E-state index in [0.29, 0.717) is 122 Å². The second-order valence-electron chi connectivity index (χ2n) is 41.6. The van der Waals surface area contributed by atoms with Crippen LogP contribution in [0.2, 0.25) is 0 Å². The molecule has 0 bridgehead atoms. The van der Waals surface area contributed by atoms with E-state index in [1.54, 1.807) is 24.8 Å². The molecule has 2 N–H and O–H groups in total. The SMILES string of the molecule is C=C1CCC2[C@]3(C)CO[C@@H](C4CCCC4)O[C@@H]3CC[C@@]2(C)[C@@H]1CCO.C=C1CCC2[C@]3(C)CO[C@@H](C4CCCC4)O[C@@H]3CC[C@@]2(C)[C@@H]1CCOCCCN(C)C.C=C1CCC2[C@]3(C)CO[C@@H](CCC(=O)O)O[C@@H]3CC[C@@]2(C)[C@@H]1CCOc1ccncc1.C=C1CCC2[C@]3(C)CO[C@@H](CCC(=O)OC)O[C@@H]3CC[C@@]2(C)[C@@H]1CCOc1ccncc1. The number of carbonyl (C=O) groups is 2. The summed E-state index contributed by atoms with van der Waals surface area (Å²) < 4.78 is 73.9. The number of nitrogens with zero attached hydrogens (tertiary/aromatic N) is 3. The summed E-state index contributed by atoms with van der Waals surface area (Å²) in [6.07, 6.45) is 42.2. The molecular formula is C100H155N3O16. The summed E-state index contributed by atoms with van der Waals surface area (Å²) in [4.78, 5) is 32.8. The molecule has 0 radical (unpaired) electrons. The number of pyridine rings is 2. The summed E-state index contributed by atoms with van der Waals surface area (Å²) in [5.41, 5.74) is 6.50. The topological polar surface area (TPSA) is 214 Å². The Morgan fingerprint density at radius 2 is 0.790 bits per heavy atom. The Hall–Kier alpha value is -4.64. The summed E-state index contributed by atoms with van der Waals surface area (Å²) in [5.74, 6) is 6.03. The maximum Gasteiger partial charge on any atom is 0.305 e. The van der Waals surface area contributed by atoms with Crippen LogP contribution in [0.3, 0.4) is 0 Å². The van der Waals surface area contributed by atoms with Gasteiger partial charge in [-0.15, -0.1) is 0 Å².